The maximum Gasteiger partial charge on any atom is 0.349 e. The Morgan fingerprint density at radius 2 is 2.29 bits per heavy atom. The Hall–Kier alpha value is -2.11. The van der Waals surface area contributed by atoms with Crippen LogP contribution < -0.4 is 0 Å². The van der Waals surface area contributed by atoms with E-state index in [1.54, 1.807) is 19.1 Å². The molecule has 0 saturated carbocycles. The van der Waals surface area contributed by atoms with Crippen LogP contribution in [0.5, 0.6) is 0 Å². The van der Waals surface area contributed by atoms with Crippen molar-refractivity contribution in [2.24, 2.45) is 0 Å². The number of nitriles is 2. The average molecular weight is 246 g/mol. The highest BCUT2D eigenvalue weighted by Gasteiger charge is 2.18. The summed E-state index contributed by atoms with van der Waals surface area (Å²) in [6, 6.07) is 7.35. The fourth-order valence-corrected chi connectivity index (χ4v) is 2.04. The van der Waals surface area contributed by atoms with Gasteiger partial charge in [0.25, 0.3) is 0 Å². The number of ether oxygens (including phenoxy) is 1. The van der Waals surface area contributed by atoms with Crippen molar-refractivity contribution in [2.75, 3.05) is 6.61 Å². The van der Waals surface area contributed by atoms with E-state index in [-0.39, 0.29) is 18.6 Å². The highest BCUT2D eigenvalue weighted by molar-refractivity contribution is 7.11. The Morgan fingerprint density at radius 1 is 1.53 bits per heavy atom. The largest absolute Gasteiger partial charge is 0.462 e. The minimum Gasteiger partial charge on any atom is -0.462 e. The molecule has 0 saturated heterocycles. The van der Waals surface area contributed by atoms with E-state index < -0.39 is 5.97 Å². The minimum absolute atomic E-state index is 0.0161. The zero-order valence-corrected chi connectivity index (χ0v) is 10.1. The highest BCUT2D eigenvalue weighted by atomic mass is 32.1. The normalized spacial score (nSPS) is 11.0. The zero-order chi connectivity index (χ0) is 12.7. The zero-order valence-electron chi connectivity index (χ0n) is 9.27. The monoisotopic (exact) mass is 246 g/mol. The molecule has 1 aromatic rings. The van der Waals surface area contributed by atoms with E-state index in [4.69, 9.17) is 15.3 Å². The van der Waals surface area contributed by atoms with Gasteiger partial charge in [-0.05, 0) is 18.4 Å². The predicted molar refractivity (Wildman–Crippen MR) is 63.7 cm³/mol. The number of hydrogen-bond acceptors (Lipinski definition) is 5. The number of nitrogens with zero attached hydrogens (tertiary/aromatic N) is 2. The van der Waals surface area contributed by atoms with Gasteiger partial charge in [-0.2, -0.15) is 10.5 Å². The first-order chi connectivity index (χ1) is 8.24. The van der Waals surface area contributed by atoms with Crippen LogP contribution in [0.3, 0.4) is 0 Å². The van der Waals surface area contributed by atoms with Gasteiger partial charge in [0.2, 0.25) is 0 Å². The second-order valence-electron chi connectivity index (χ2n) is 3.00. The minimum atomic E-state index is -0.673. The highest BCUT2D eigenvalue weighted by Crippen LogP contribution is 2.26. The summed E-state index contributed by atoms with van der Waals surface area (Å²) in [5, 5.41) is 19.6. The molecule has 0 bridgehead atoms. The first kappa shape index (κ1) is 13.0. The molecule has 0 amide bonds. The van der Waals surface area contributed by atoms with Crippen LogP contribution in [0.4, 0.5) is 0 Å². The van der Waals surface area contributed by atoms with E-state index >= 15 is 0 Å². The summed E-state index contributed by atoms with van der Waals surface area (Å²) in [5.74, 6) is -0.673. The Bertz CT molecular complexity index is 504. The third kappa shape index (κ3) is 3.17. The van der Waals surface area contributed by atoms with Crippen LogP contribution in [0.2, 0.25) is 0 Å². The molecule has 0 aromatic carbocycles. The summed E-state index contributed by atoms with van der Waals surface area (Å²) in [7, 11) is 0. The summed E-state index contributed by atoms with van der Waals surface area (Å²) < 4.78 is 4.80. The van der Waals surface area contributed by atoms with Crippen molar-refractivity contribution >= 4 is 22.9 Å². The number of carbonyl (C=O) groups is 1. The molecular formula is C12H10N2O2S. The van der Waals surface area contributed by atoms with Crippen LogP contribution in [0.15, 0.2) is 23.1 Å². The Labute approximate surface area is 103 Å². The van der Waals surface area contributed by atoms with Gasteiger partial charge in [-0.25, -0.2) is 4.79 Å². The summed E-state index contributed by atoms with van der Waals surface area (Å²) in [5.41, 5.74) is 0.347. The van der Waals surface area contributed by atoms with Gasteiger partial charge in [-0.3, -0.25) is 0 Å². The third-order valence-corrected chi connectivity index (χ3v) is 2.90. The molecule has 0 spiro atoms. The van der Waals surface area contributed by atoms with E-state index in [9.17, 15) is 4.79 Å². The van der Waals surface area contributed by atoms with Crippen molar-refractivity contribution < 1.29 is 9.53 Å². The lowest BCUT2D eigenvalue weighted by Gasteiger charge is -2.04. The van der Waals surface area contributed by atoms with Crippen LogP contribution >= 0.6 is 11.3 Å². The van der Waals surface area contributed by atoms with Crippen LogP contribution in [0.1, 0.15) is 18.2 Å². The van der Waals surface area contributed by atoms with Gasteiger partial charge in [-0.15, -0.1) is 11.3 Å². The molecule has 0 N–H and O–H groups in total. The number of hydrogen-bond donors (Lipinski definition) is 0. The van der Waals surface area contributed by atoms with Crippen molar-refractivity contribution in [2.45, 2.75) is 13.3 Å². The number of esters is 1. The van der Waals surface area contributed by atoms with Crippen LogP contribution in [0, 0.1) is 22.7 Å². The van der Waals surface area contributed by atoms with Crippen molar-refractivity contribution in [3.05, 3.63) is 28.0 Å². The van der Waals surface area contributed by atoms with Gasteiger partial charge in [0.05, 0.1) is 19.1 Å². The fraction of sp³-hybridized carbons (Fsp3) is 0.250. The first-order valence-electron chi connectivity index (χ1n) is 4.95. The molecule has 0 unspecified atom stereocenters. The van der Waals surface area contributed by atoms with Gasteiger partial charge in [-0.1, -0.05) is 6.07 Å². The molecular weight excluding hydrogens is 236 g/mol. The lowest BCUT2D eigenvalue weighted by Crippen LogP contribution is -2.08. The fourth-order valence-electron chi connectivity index (χ4n) is 1.27. The molecule has 4 nitrogen and oxygen atoms in total. The smallest absolute Gasteiger partial charge is 0.349 e. The molecule has 0 aliphatic carbocycles. The quantitative estimate of drug-likeness (QED) is 0.464. The van der Waals surface area contributed by atoms with Crippen LogP contribution in [-0.4, -0.2) is 12.6 Å². The molecule has 5 heteroatoms. The van der Waals surface area contributed by atoms with E-state index in [1.165, 1.54) is 11.3 Å². The molecule has 0 aliphatic rings. The second kappa shape index (κ2) is 6.47. The summed E-state index contributed by atoms with van der Waals surface area (Å²) in [6.07, 6.45) is 0.0161. The van der Waals surface area contributed by atoms with E-state index in [0.717, 1.165) is 4.88 Å². The number of allylic oxidation sites excluding steroid dienone is 1. The molecule has 1 aromatic heterocycles. The van der Waals surface area contributed by atoms with Crippen LogP contribution in [0.25, 0.3) is 5.57 Å². The molecule has 17 heavy (non-hydrogen) atoms. The van der Waals surface area contributed by atoms with Gasteiger partial charge < -0.3 is 4.74 Å². The Morgan fingerprint density at radius 3 is 2.76 bits per heavy atom. The number of carbonyl (C=O) groups excluding carboxylic acids is 1. The van der Waals surface area contributed by atoms with E-state index in [0.29, 0.717) is 5.57 Å². The molecule has 0 fully saturated rings. The second-order valence-corrected chi connectivity index (χ2v) is 3.95. The first-order valence-corrected chi connectivity index (χ1v) is 5.83. The average Bonchev–Trinajstić information content (AvgIpc) is 2.82. The molecule has 0 aliphatic heterocycles. The Kier molecular flexibility index (Phi) is 4.93. The molecule has 1 rings (SSSR count). The van der Waals surface area contributed by atoms with Gasteiger partial charge in [0, 0.05) is 10.5 Å². The van der Waals surface area contributed by atoms with Crippen molar-refractivity contribution in [3.8, 4) is 12.1 Å². The van der Waals surface area contributed by atoms with Crippen molar-refractivity contribution in [3.63, 3.8) is 0 Å². The Balaban J connectivity index is 3.22. The molecule has 0 atom stereocenters. The number of thiophene rings is 1. The summed E-state index contributed by atoms with van der Waals surface area (Å²) >= 11 is 1.38. The molecule has 1 heterocycles. The SMILES string of the molecule is CCOC(=O)/C(C#N)=C(\CC#N)c1cccs1. The topological polar surface area (TPSA) is 73.9 Å². The summed E-state index contributed by atoms with van der Waals surface area (Å²) in [6.45, 7) is 1.87. The van der Waals surface area contributed by atoms with Crippen molar-refractivity contribution in [1.82, 2.24) is 0 Å². The maximum absolute atomic E-state index is 11.6. The lowest BCUT2D eigenvalue weighted by molar-refractivity contribution is -0.137. The van der Waals surface area contributed by atoms with Gasteiger partial charge in [0.15, 0.2) is 0 Å². The lowest BCUT2D eigenvalue weighted by atomic mass is 10.1. The van der Waals surface area contributed by atoms with Crippen LogP contribution in [-0.2, 0) is 9.53 Å². The standard InChI is InChI=1S/C12H10N2O2S/c1-2-16-12(15)10(8-14)9(5-6-13)11-4-3-7-17-11/h3-4,7H,2,5H2,1H3/b10-9+. The third-order valence-electron chi connectivity index (χ3n) is 1.97. The van der Waals surface area contributed by atoms with E-state index in [1.807, 2.05) is 17.5 Å². The van der Waals surface area contributed by atoms with Gasteiger partial charge in [0.1, 0.15) is 11.6 Å². The van der Waals surface area contributed by atoms with Crippen molar-refractivity contribution in [1.29, 1.82) is 10.5 Å². The van der Waals surface area contributed by atoms with Gasteiger partial charge >= 0.3 is 5.97 Å². The maximum atomic E-state index is 11.6. The molecule has 0 radical (unpaired) electrons. The predicted octanol–water partition coefficient (Wildman–Crippen LogP) is 2.50. The summed E-state index contributed by atoms with van der Waals surface area (Å²) in [4.78, 5) is 12.3. The van der Waals surface area contributed by atoms with E-state index in [2.05, 4.69) is 0 Å². The number of rotatable bonds is 4. The molecule has 86 valence electrons.